The van der Waals surface area contributed by atoms with Gasteiger partial charge in [-0.25, -0.2) is 16.8 Å². The lowest BCUT2D eigenvalue weighted by molar-refractivity contribution is 0.340. The minimum absolute atomic E-state index is 0.123. The molecule has 2 heterocycles. The molecule has 0 amide bonds. The molecule has 0 bridgehead atoms. The van der Waals surface area contributed by atoms with E-state index in [2.05, 4.69) is 5.32 Å². The average Bonchev–Trinajstić information content (AvgIpc) is 3.23. The highest BCUT2D eigenvalue weighted by Gasteiger charge is 2.45. The van der Waals surface area contributed by atoms with E-state index in [9.17, 15) is 16.8 Å². The number of hydrogen-bond acceptors (Lipinski definition) is 7. The Morgan fingerprint density at radius 2 is 1.93 bits per heavy atom. The summed E-state index contributed by atoms with van der Waals surface area (Å²) in [6.07, 6.45) is 0.740. The number of nitrogens with one attached hydrogen (secondary N) is 1. The van der Waals surface area contributed by atoms with Gasteiger partial charge in [0.15, 0.2) is 19.7 Å². The molecule has 1 N–H and O–H groups in total. The summed E-state index contributed by atoms with van der Waals surface area (Å²) in [4.78, 5) is 1.30. The average molecular weight is 430 g/mol. The van der Waals surface area contributed by atoms with Crippen LogP contribution in [0.25, 0.3) is 0 Å². The fourth-order valence-corrected chi connectivity index (χ4v) is 8.64. The molecule has 1 aromatic carbocycles. The molecule has 148 valence electrons. The largest absolute Gasteiger partial charge is 0.494 e. The van der Waals surface area contributed by atoms with Crippen LogP contribution >= 0.6 is 11.3 Å². The molecule has 0 aliphatic carbocycles. The van der Waals surface area contributed by atoms with E-state index in [1.165, 1.54) is 17.0 Å². The van der Waals surface area contributed by atoms with Crippen LogP contribution in [0.4, 0.5) is 0 Å². The maximum Gasteiger partial charge on any atom is 0.183 e. The summed E-state index contributed by atoms with van der Waals surface area (Å²) in [5.74, 6) is 0.0820. The molecule has 0 saturated carbocycles. The molecule has 0 radical (unpaired) electrons. The first-order chi connectivity index (χ1) is 12.8. The molecule has 9 heteroatoms. The Hall–Kier alpha value is -1.42. The number of benzene rings is 1. The Balaban J connectivity index is 1.75. The molecular weight excluding hydrogens is 406 g/mol. The number of rotatable bonds is 8. The lowest BCUT2D eigenvalue weighted by Crippen LogP contribution is -2.44. The van der Waals surface area contributed by atoms with Gasteiger partial charge in [0.1, 0.15) is 5.75 Å². The van der Waals surface area contributed by atoms with Gasteiger partial charge in [0, 0.05) is 17.5 Å². The van der Waals surface area contributed by atoms with Crippen molar-refractivity contribution < 1.29 is 21.6 Å². The van der Waals surface area contributed by atoms with Crippen molar-refractivity contribution in [3.63, 3.8) is 0 Å². The van der Waals surface area contributed by atoms with Crippen LogP contribution in [0.1, 0.15) is 11.8 Å². The monoisotopic (exact) mass is 429 g/mol. The molecule has 27 heavy (non-hydrogen) atoms. The van der Waals surface area contributed by atoms with Gasteiger partial charge in [-0.3, -0.25) is 0 Å². The van der Waals surface area contributed by atoms with E-state index in [0.717, 1.165) is 6.42 Å². The third-order valence-electron chi connectivity index (χ3n) is 4.52. The molecule has 2 aromatic rings. The summed E-state index contributed by atoms with van der Waals surface area (Å²) in [7, 11) is -7.17. The van der Waals surface area contributed by atoms with Crippen molar-refractivity contribution in [2.24, 2.45) is 0 Å². The van der Waals surface area contributed by atoms with Crippen LogP contribution in [0.15, 0.2) is 46.7 Å². The first-order valence-electron chi connectivity index (χ1n) is 8.75. The lowest BCUT2D eigenvalue weighted by Gasteiger charge is -2.20. The van der Waals surface area contributed by atoms with Crippen molar-refractivity contribution >= 4 is 31.0 Å². The van der Waals surface area contributed by atoms with E-state index in [1.807, 2.05) is 24.4 Å². The molecule has 1 aromatic heterocycles. The number of thiophene rings is 1. The SMILES string of the molecule is CCOc1ccc(S(=O)(=O)C2CS(=O)(=O)CC2NCCc2cccs2)cc1. The highest BCUT2D eigenvalue weighted by molar-refractivity contribution is 7.96. The number of sulfone groups is 2. The molecule has 1 fully saturated rings. The Morgan fingerprint density at radius 3 is 2.56 bits per heavy atom. The zero-order valence-electron chi connectivity index (χ0n) is 15.0. The van der Waals surface area contributed by atoms with Crippen LogP contribution in [0.2, 0.25) is 0 Å². The van der Waals surface area contributed by atoms with Crippen molar-refractivity contribution in [2.45, 2.75) is 29.5 Å². The molecule has 1 aliphatic heterocycles. The number of ether oxygens (including phenoxy) is 1. The van der Waals surface area contributed by atoms with Crippen LogP contribution in [0.5, 0.6) is 5.75 Å². The van der Waals surface area contributed by atoms with Gasteiger partial charge < -0.3 is 10.1 Å². The van der Waals surface area contributed by atoms with E-state index in [0.29, 0.717) is 18.9 Å². The Kier molecular flexibility index (Phi) is 6.25. The van der Waals surface area contributed by atoms with Gasteiger partial charge in [0.2, 0.25) is 0 Å². The van der Waals surface area contributed by atoms with Crippen LogP contribution in [0, 0.1) is 0 Å². The van der Waals surface area contributed by atoms with Gasteiger partial charge in [-0.05, 0) is 49.1 Å². The van der Waals surface area contributed by atoms with Gasteiger partial charge in [-0.2, -0.15) is 0 Å². The van der Waals surface area contributed by atoms with Crippen LogP contribution in [0.3, 0.4) is 0 Å². The third-order valence-corrected chi connectivity index (χ3v) is 9.62. The number of hydrogen-bond donors (Lipinski definition) is 1. The lowest BCUT2D eigenvalue weighted by atomic mass is 10.2. The van der Waals surface area contributed by atoms with Crippen LogP contribution in [-0.2, 0) is 26.1 Å². The first kappa shape index (κ1) is 20.3. The van der Waals surface area contributed by atoms with Crippen molar-refractivity contribution in [1.29, 1.82) is 0 Å². The summed E-state index contributed by atoms with van der Waals surface area (Å²) >= 11 is 1.63. The molecule has 3 rings (SSSR count). The van der Waals surface area contributed by atoms with Gasteiger partial charge in [0.25, 0.3) is 0 Å². The standard InChI is InChI=1S/C18H23NO5S3/c1-2-24-14-5-7-16(8-6-14)27(22,23)18-13-26(20,21)12-17(18)19-10-9-15-4-3-11-25-15/h3-8,11,17-19H,2,9-10,12-13H2,1H3. The second kappa shape index (κ2) is 8.30. The van der Waals surface area contributed by atoms with E-state index < -0.39 is 31.0 Å². The zero-order valence-corrected chi connectivity index (χ0v) is 17.4. The van der Waals surface area contributed by atoms with E-state index >= 15 is 0 Å². The minimum Gasteiger partial charge on any atom is -0.494 e. The molecular formula is C18H23NO5S3. The van der Waals surface area contributed by atoms with E-state index in [1.54, 1.807) is 23.5 Å². The molecule has 0 spiro atoms. The normalized spacial score (nSPS) is 22.0. The maximum absolute atomic E-state index is 13.1. The highest BCUT2D eigenvalue weighted by Crippen LogP contribution is 2.27. The fourth-order valence-electron chi connectivity index (χ4n) is 3.21. The van der Waals surface area contributed by atoms with Gasteiger partial charge in [0.05, 0.1) is 28.3 Å². The quantitative estimate of drug-likeness (QED) is 0.690. The van der Waals surface area contributed by atoms with Gasteiger partial charge in [-0.1, -0.05) is 6.07 Å². The van der Waals surface area contributed by atoms with Crippen LogP contribution < -0.4 is 10.1 Å². The molecule has 6 nitrogen and oxygen atoms in total. The third kappa shape index (κ3) is 4.90. The first-order valence-corrected chi connectivity index (χ1v) is 13.0. The van der Waals surface area contributed by atoms with Gasteiger partial charge >= 0.3 is 0 Å². The minimum atomic E-state index is -3.77. The second-order valence-electron chi connectivity index (χ2n) is 6.45. The maximum atomic E-state index is 13.1. The Labute approximate surface area is 164 Å². The van der Waals surface area contributed by atoms with Crippen molar-refractivity contribution in [1.82, 2.24) is 5.32 Å². The predicted molar refractivity (Wildman–Crippen MR) is 107 cm³/mol. The van der Waals surface area contributed by atoms with Gasteiger partial charge in [-0.15, -0.1) is 11.3 Å². The summed E-state index contributed by atoms with van der Waals surface area (Å²) in [6, 6.07) is 9.51. The van der Waals surface area contributed by atoms with Crippen molar-refractivity contribution in [2.75, 3.05) is 24.7 Å². The molecule has 1 aliphatic rings. The van der Waals surface area contributed by atoms with Crippen molar-refractivity contribution in [3.8, 4) is 5.75 Å². The zero-order chi connectivity index (χ0) is 19.5. The summed E-state index contributed by atoms with van der Waals surface area (Å²) in [5.41, 5.74) is 0. The van der Waals surface area contributed by atoms with E-state index in [4.69, 9.17) is 4.74 Å². The topological polar surface area (TPSA) is 89.5 Å². The Bertz CT molecular complexity index is 951. The highest BCUT2D eigenvalue weighted by atomic mass is 32.2. The van der Waals surface area contributed by atoms with Crippen LogP contribution in [-0.4, -0.2) is 52.8 Å². The molecule has 2 unspecified atom stereocenters. The Morgan fingerprint density at radius 1 is 1.19 bits per heavy atom. The second-order valence-corrected chi connectivity index (χ2v) is 11.8. The van der Waals surface area contributed by atoms with Crippen molar-refractivity contribution in [3.05, 3.63) is 46.7 Å². The summed E-state index contributed by atoms with van der Waals surface area (Å²) < 4.78 is 55.7. The summed E-state index contributed by atoms with van der Waals surface area (Å²) in [6.45, 7) is 2.87. The smallest absolute Gasteiger partial charge is 0.183 e. The fraction of sp³-hybridized carbons (Fsp3) is 0.444. The predicted octanol–water partition coefficient (Wildman–Crippen LogP) is 1.92. The van der Waals surface area contributed by atoms with E-state index in [-0.39, 0.29) is 16.4 Å². The molecule has 1 saturated heterocycles. The summed E-state index contributed by atoms with van der Waals surface area (Å²) in [5, 5.41) is 4.15. The molecule has 2 atom stereocenters.